The maximum absolute atomic E-state index is 12.8. The zero-order valence-electron chi connectivity index (χ0n) is 14.8. The van der Waals surface area contributed by atoms with Crippen LogP contribution in [0.1, 0.15) is 11.1 Å². The molecule has 0 aromatic heterocycles. The predicted octanol–water partition coefficient (Wildman–Crippen LogP) is 3.46. The fourth-order valence-electron chi connectivity index (χ4n) is 2.26. The van der Waals surface area contributed by atoms with Crippen molar-refractivity contribution in [3.63, 3.8) is 0 Å². The molecular formula is C18H18F3NO4S2. The summed E-state index contributed by atoms with van der Waals surface area (Å²) >= 11 is 1.29. The molecule has 0 aliphatic rings. The van der Waals surface area contributed by atoms with E-state index < -0.39 is 38.7 Å². The van der Waals surface area contributed by atoms with Crippen LogP contribution in [0.3, 0.4) is 0 Å². The van der Waals surface area contributed by atoms with E-state index in [0.717, 1.165) is 30.9 Å². The van der Waals surface area contributed by atoms with Gasteiger partial charge in [0.25, 0.3) is 0 Å². The first-order valence-corrected chi connectivity index (χ1v) is 10.7. The van der Waals surface area contributed by atoms with Gasteiger partial charge in [0.1, 0.15) is 6.04 Å². The Morgan fingerprint density at radius 3 is 2.43 bits per heavy atom. The molecule has 152 valence electrons. The number of carbonyl (C=O) groups excluding carboxylic acids is 1. The molecule has 28 heavy (non-hydrogen) atoms. The van der Waals surface area contributed by atoms with Crippen LogP contribution >= 0.6 is 11.8 Å². The van der Waals surface area contributed by atoms with Gasteiger partial charge in [-0.3, -0.25) is 4.79 Å². The molecule has 2 rings (SSSR count). The van der Waals surface area contributed by atoms with Crippen LogP contribution in [-0.2, 0) is 31.5 Å². The monoisotopic (exact) mass is 433 g/mol. The largest absolute Gasteiger partial charge is 0.468 e. The summed E-state index contributed by atoms with van der Waals surface area (Å²) in [4.78, 5) is 11.4. The number of hydrogen-bond acceptors (Lipinski definition) is 5. The van der Waals surface area contributed by atoms with Gasteiger partial charge in [0.15, 0.2) is 0 Å². The van der Waals surface area contributed by atoms with Crippen LogP contribution in [-0.4, -0.2) is 33.3 Å². The number of esters is 1. The van der Waals surface area contributed by atoms with Crippen molar-refractivity contribution in [2.75, 3.05) is 12.9 Å². The molecule has 2 aromatic rings. The number of benzene rings is 2. The molecule has 5 nitrogen and oxygen atoms in total. The number of ether oxygens (including phenoxy) is 1. The molecule has 0 aliphatic heterocycles. The maximum atomic E-state index is 12.8. The lowest BCUT2D eigenvalue weighted by atomic mass is 10.2. The number of methoxy groups -OCH3 is 1. The van der Waals surface area contributed by atoms with E-state index in [1.54, 1.807) is 0 Å². The Bertz CT molecular complexity index is 903. The highest BCUT2D eigenvalue weighted by Gasteiger charge is 2.33. The van der Waals surface area contributed by atoms with Gasteiger partial charge in [0.2, 0.25) is 10.0 Å². The van der Waals surface area contributed by atoms with Gasteiger partial charge in [-0.25, -0.2) is 8.42 Å². The van der Waals surface area contributed by atoms with E-state index in [2.05, 4.69) is 9.46 Å². The van der Waals surface area contributed by atoms with Crippen LogP contribution in [0.5, 0.6) is 0 Å². The molecule has 0 unspecified atom stereocenters. The van der Waals surface area contributed by atoms with Gasteiger partial charge in [-0.15, -0.1) is 0 Å². The molecule has 0 heterocycles. The normalized spacial score (nSPS) is 13.1. The molecule has 0 fully saturated rings. The number of carbonyl (C=O) groups is 1. The summed E-state index contributed by atoms with van der Waals surface area (Å²) in [7, 11) is -3.25. The first kappa shape index (κ1) is 22.3. The second-order valence-corrected chi connectivity index (χ2v) is 8.47. The van der Waals surface area contributed by atoms with Gasteiger partial charge in [-0.05, 0) is 23.8 Å². The van der Waals surface area contributed by atoms with Gasteiger partial charge in [-0.1, -0.05) is 36.4 Å². The van der Waals surface area contributed by atoms with E-state index >= 15 is 0 Å². The summed E-state index contributed by atoms with van der Waals surface area (Å²) in [6.45, 7) is 0. The van der Waals surface area contributed by atoms with Crippen molar-refractivity contribution in [1.29, 1.82) is 0 Å². The van der Waals surface area contributed by atoms with Crippen molar-refractivity contribution in [2.24, 2.45) is 0 Å². The van der Waals surface area contributed by atoms with Crippen molar-refractivity contribution in [2.45, 2.75) is 22.9 Å². The Morgan fingerprint density at radius 1 is 1.14 bits per heavy atom. The van der Waals surface area contributed by atoms with E-state index in [4.69, 9.17) is 0 Å². The molecule has 2 aromatic carbocycles. The van der Waals surface area contributed by atoms with Gasteiger partial charge in [0, 0.05) is 11.5 Å². The summed E-state index contributed by atoms with van der Waals surface area (Å²) in [5, 5.41) is 0. The lowest BCUT2D eigenvalue weighted by molar-refractivity contribution is -0.142. The topological polar surface area (TPSA) is 72.5 Å². The van der Waals surface area contributed by atoms with Gasteiger partial charge < -0.3 is 4.74 Å². The SMILES string of the molecule is COC(=O)[C@H](CSCc1ccccc1)NS(=O)(=O)c1cccc(C(F)(F)F)c1. The van der Waals surface area contributed by atoms with Crippen LogP contribution in [0.4, 0.5) is 13.2 Å². The second-order valence-electron chi connectivity index (χ2n) is 5.72. The lowest BCUT2D eigenvalue weighted by Crippen LogP contribution is -2.43. The van der Waals surface area contributed by atoms with Crippen LogP contribution in [0.15, 0.2) is 59.5 Å². The summed E-state index contributed by atoms with van der Waals surface area (Å²) < 4.78 is 70.2. The molecule has 0 amide bonds. The number of sulfonamides is 1. The van der Waals surface area contributed by atoms with Crippen molar-refractivity contribution in [3.05, 3.63) is 65.7 Å². The molecule has 0 saturated heterocycles. The Morgan fingerprint density at radius 2 is 1.82 bits per heavy atom. The smallest absolute Gasteiger partial charge is 0.416 e. The molecule has 0 aliphatic carbocycles. The zero-order chi connectivity index (χ0) is 20.8. The first-order valence-electron chi connectivity index (χ1n) is 8.02. The Kier molecular flexibility index (Phi) is 7.50. The number of nitrogens with one attached hydrogen (secondary N) is 1. The standard InChI is InChI=1S/C18H18F3NO4S2/c1-26-17(23)16(12-27-11-13-6-3-2-4-7-13)22-28(24,25)15-9-5-8-14(10-15)18(19,20)21/h2-10,16,22H,11-12H2,1H3/t16-/m0/s1. The van der Waals surface area contributed by atoms with Crippen molar-refractivity contribution >= 4 is 27.8 Å². The molecule has 1 atom stereocenters. The average molecular weight is 433 g/mol. The zero-order valence-corrected chi connectivity index (χ0v) is 16.4. The number of rotatable bonds is 8. The van der Waals surface area contributed by atoms with Crippen LogP contribution in [0, 0.1) is 0 Å². The lowest BCUT2D eigenvalue weighted by Gasteiger charge is -2.17. The number of halogens is 3. The highest BCUT2D eigenvalue weighted by Crippen LogP contribution is 2.30. The quantitative estimate of drug-likeness (QED) is 0.646. The fraction of sp³-hybridized carbons (Fsp3) is 0.278. The summed E-state index contributed by atoms with van der Waals surface area (Å²) in [5.41, 5.74) is -0.111. The number of hydrogen-bond donors (Lipinski definition) is 1. The third-order valence-electron chi connectivity index (χ3n) is 3.65. The fourth-order valence-corrected chi connectivity index (χ4v) is 4.59. The predicted molar refractivity (Wildman–Crippen MR) is 100 cm³/mol. The molecular weight excluding hydrogens is 415 g/mol. The molecule has 0 radical (unpaired) electrons. The summed E-state index contributed by atoms with van der Waals surface area (Å²) in [6, 6.07) is 11.4. The Balaban J connectivity index is 2.13. The molecule has 10 heteroatoms. The third-order valence-corrected chi connectivity index (χ3v) is 6.23. The van der Waals surface area contributed by atoms with Gasteiger partial charge in [0.05, 0.1) is 17.6 Å². The summed E-state index contributed by atoms with van der Waals surface area (Å²) in [6.07, 6.45) is -4.68. The molecule has 1 N–H and O–H groups in total. The Hall–Kier alpha value is -2.04. The minimum atomic E-state index is -4.68. The number of thioether (sulfide) groups is 1. The summed E-state index contributed by atoms with van der Waals surface area (Å²) in [5.74, 6) is -0.240. The van der Waals surface area contributed by atoms with Gasteiger partial charge in [-0.2, -0.15) is 29.7 Å². The van der Waals surface area contributed by atoms with E-state index in [-0.39, 0.29) is 5.75 Å². The minimum absolute atomic E-state index is 0.0553. The molecule has 0 bridgehead atoms. The highest BCUT2D eigenvalue weighted by atomic mass is 32.2. The van der Waals surface area contributed by atoms with Crippen LogP contribution in [0.25, 0.3) is 0 Å². The first-order chi connectivity index (χ1) is 13.1. The minimum Gasteiger partial charge on any atom is -0.468 e. The van der Waals surface area contributed by atoms with E-state index in [9.17, 15) is 26.4 Å². The molecule has 0 spiro atoms. The Labute approximate surface area is 165 Å². The van der Waals surface area contributed by atoms with Crippen molar-refractivity contribution < 1.29 is 31.1 Å². The second kappa shape index (κ2) is 9.44. The van der Waals surface area contributed by atoms with Crippen molar-refractivity contribution in [3.8, 4) is 0 Å². The highest BCUT2D eigenvalue weighted by molar-refractivity contribution is 7.98. The third kappa shape index (κ3) is 6.25. The van der Waals surface area contributed by atoms with E-state index in [1.807, 2.05) is 30.3 Å². The maximum Gasteiger partial charge on any atom is 0.416 e. The molecule has 0 saturated carbocycles. The van der Waals surface area contributed by atoms with Crippen LogP contribution < -0.4 is 4.72 Å². The van der Waals surface area contributed by atoms with E-state index in [0.29, 0.717) is 11.8 Å². The number of alkyl halides is 3. The van der Waals surface area contributed by atoms with E-state index in [1.165, 1.54) is 11.8 Å². The average Bonchev–Trinajstić information content (AvgIpc) is 2.67. The van der Waals surface area contributed by atoms with Crippen molar-refractivity contribution in [1.82, 2.24) is 4.72 Å². The van der Waals surface area contributed by atoms with Crippen LogP contribution in [0.2, 0.25) is 0 Å². The van der Waals surface area contributed by atoms with Gasteiger partial charge >= 0.3 is 12.1 Å².